The van der Waals surface area contributed by atoms with Gasteiger partial charge in [0.05, 0.1) is 5.56 Å². The average Bonchev–Trinajstić information content (AvgIpc) is 2.76. The highest BCUT2D eigenvalue weighted by Crippen LogP contribution is 2.34. The van der Waals surface area contributed by atoms with Crippen LogP contribution in [0.15, 0.2) is 97.3 Å². The van der Waals surface area contributed by atoms with E-state index in [2.05, 4.69) is 39.1 Å². The predicted molar refractivity (Wildman–Crippen MR) is 109 cm³/mol. The molecule has 0 spiro atoms. The van der Waals surface area contributed by atoms with Gasteiger partial charge in [-0.3, -0.25) is 0 Å². The lowest BCUT2D eigenvalue weighted by Gasteiger charge is -2.25. The molecule has 0 saturated heterocycles. The summed E-state index contributed by atoms with van der Waals surface area (Å²) in [6.07, 6.45) is 2.64. The molecule has 0 radical (unpaired) electrons. The largest absolute Gasteiger partial charge is 0.478 e. The number of anilines is 3. The van der Waals surface area contributed by atoms with Gasteiger partial charge in [-0.1, -0.05) is 36.4 Å². The number of rotatable bonds is 5. The first kappa shape index (κ1) is 17.4. The fourth-order valence-corrected chi connectivity index (χ4v) is 2.95. The van der Waals surface area contributed by atoms with Crippen LogP contribution in [0.25, 0.3) is 11.4 Å². The third-order valence-corrected chi connectivity index (χ3v) is 4.31. The Morgan fingerprint density at radius 1 is 0.679 bits per heavy atom. The van der Waals surface area contributed by atoms with Gasteiger partial charge >= 0.3 is 5.97 Å². The second-order valence-corrected chi connectivity index (χ2v) is 6.15. The Kier molecular flexibility index (Phi) is 4.80. The molecule has 0 saturated carbocycles. The van der Waals surface area contributed by atoms with Crippen LogP contribution in [0.2, 0.25) is 0 Å². The molecule has 0 unspecified atom stereocenters. The van der Waals surface area contributed by atoms with Crippen molar-refractivity contribution in [1.82, 2.24) is 9.97 Å². The van der Waals surface area contributed by atoms with Gasteiger partial charge in [-0.15, -0.1) is 0 Å². The van der Waals surface area contributed by atoms with E-state index < -0.39 is 5.97 Å². The van der Waals surface area contributed by atoms with Crippen LogP contribution in [0.3, 0.4) is 0 Å². The smallest absolute Gasteiger partial charge is 0.338 e. The molecule has 5 heteroatoms. The van der Waals surface area contributed by atoms with E-state index >= 15 is 0 Å². The zero-order chi connectivity index (χ0) is 19.3. The van der Waals surface area contributed by atoms with Crippen LogP contribution in [0.5, 0.6) is 0 Å². The molecule has 136 valence electrons. The lowest BCUT2D eigenvalue weighted by atomic mass is 10.1. The molecule has 4 rings (SSSR count). The number of carbonyl (C=O) groups is 1. The Morgan fingerprint density at radius 2 is 1.14 bits per heavy atom. The van der Waals surface area contributed by atoms with Crippen LogP contribution < -0.4 is 4.90 Å². The van der Waals surface area contributed by atoms with E-state index in [4.69, 9.17) is 5.11 Å². The van der Waals surface area contributed by atoms with Gasteiger partial charge in [0.1, 0.15) is 0 Å². The standard InChI is InChI=1S/C23H17N3O2/c27-23(28)18-15-24-22(25-16-18)17-11-13-21(14-12-17)26(19-7-3-1-4-8-19)20-9-5-2-6-10-20/h1-16H,(H,27,28). The molecule has 5 nitrogen and oxygen atoms in total. The van der Waals surface area contributed by atoms with Crippen molar-refractivity contribution in [3.8, 4) is 11.4 Å². The zero-order valence-electron chi connectivity index (χ0n) is 14.9. The first-order valence-corrected chi connectivity index (χ1v) is 8.78. The molecule has 0 amide bonds. The second-order valence-electron chi connectivity index (χ2n) is 6.15. The highest BCUT2D eigenvalue weighted by atomic mass is 16.4. The van der Waals surface area contributed by atoms with E-state index in [0.717, 1.165) is 22.6 Å². The fourth-order valence-electron chi connectivity index (χ4n) is 2.95. The van der Waals surface area contributed by atoms with E-state index in [-0.39, 0.29) is 5.56 Å². The van der Waals surface area contributed by atoms with Gasteiger partial charge in [-0.25, -0.2) is 14.8 Å². The quantitative estimate of drug-likeness (QED) is 0.518. The molecule has 0 aliphatic carbocycles. The van der Waals surface area contributed by atoms with Crippen LogP contribution in [-0.4, -0.2) is 21.0 Å². The van der Waals surface area contributed by atoms with Gasteiger partial charge in [-0.2, -0.15) is 0 Å². The van der Waals surface area contributed by atoms with Crippen LogP contribution in [0.4, 0.5) is 17.1 Å². The SMILES string of the molecule is O=C(O)c1cnc(-c2ccc(N(c3ccccc3)c3ccccc3)cc2)nc1. The molecule has 0 fully saturated rings. The topological polar surface area (TPSA) is 66.3 Å². The van der Waals surface area contributed by atoms with E-state index in [1.54, 1.807) is 0 Å². The van der Waals surface area contributed by atoms with Crippen molar-refractivity contribution in [3.63, 3.8) is 0 Å². The van der Waals surface area contributed by atoms with E-state index in [9.17, 15) is 4.79 Å². The first-order valence-electron chi connectivity index (χ1n) is 8.78. The summed E-state index contributed by atoms with van der Waals surface area (Å²) in [6, 6.07) is 28.2. The van der Waals surface area contributed by atoms with Crippen molar-refractivity contribution in [2.75, 3.05) is 4.90 Å². The number of para-hydroxylation sites is 2. The molecular formula is C23H17N3O2. The molecule has 0 aliphatic rings. The summed E-state index contributed by atoms with van der Waals surface area (Å²) in [5, 5.41) is 8.97. The zero-order valence-corrected chi connectivity index (χ0v) is 14.9. The lowest BCUT2D eigenvalue weighted by molar-refractivity contribution is 0.0696. The van der Waals surface area contributed by atoms with Crippen molar-refractivity contribution < 1.29 is 9.90 Å². The molecule has 3 aromatic carbocycles. The number of carboxylic acid groups (broad SMARTS) is 1. The predicted octanol–water partition coefficient (Wildman–Crippen LogP) is 5.31. The Labute approximate surface area is 162 Å². The number of benzene rings is 3. The molecule has 0 atom stereocenters. The highest BCUT2D eigenvalue weighted by molar-refractivity contribution is 5.87. The maximum Gasteiger partial charge on any atom is 0.338 e. The minimum Gasteiger partial charge on any atom is -0.478 e. The summed E-state index contributed by atoms with van der Waals surface area (Å²) in [6.45, 7) is 0. The summed E-state index contributed by atoms with van der Waals surface area (Å²) < 4.78 is 0. The first-order chi connectivity index (χ1) is 13.7. The molecule has 4 aromatic rings. The maximum absolute atomic E-state index is 11.0. The van der Waals surface area contributed by atoms with Crippen molar-refractivity contribution >= 4 is 23.0 Å². The summed E-state index contributed by atoms with van der Waals surface area (Å²) in [5.74, 6) is -0.550. The average molecular weight is 367 g/mol. The van der Waals surface area contributed by atoms with Gasteiger partial charge in [0.15, 0.2) is 5.82 Å². The van der Waals surface area contributed by atoms with Crippen molar-refractivity contribution in [2.24, 2.45) is 0 Å². The van der Waals surface area contributed by atoms with Crippen LogP contribution in [0.1, 0.15) is 10.4 Å². The van der Waals surface area contributed by atoms with Crippen LogP contribution in [-0.2, 0) is 0 Å². The van der Waals surface area contributed by atoms with Crippen LogP contribution >= 0.6 is 0 Å². The van der Waals surface area contributed by atoms with Crippen molar-refractivity contribution in [3.05, 3.63) is 103 Å². The van der Waals surface area contributed by atoms with Crippen LogP contribution in [0, 0.1) is 0 Å². The van der Waals surface area contributed by atoms with Crippen molar-refractivity contribution in [1.29, 1.82) is 0 Å². The monoisotopic (exact) mass is 367 g/mol. The molecule has 0 bridgehead atoms. The van der Waals surface area contributed by atoms with Gasteiger partial charge in [0.25, 0.3) is 0 Å². The number of aromatic carboxylic acids is 1. The third-order valence-electron chi connectivity index (χ3n) is 4.31. The lowest BCUT2D eigenvalue weighted by Crippen LogP contribution is -2.09. The Bertz CT molecular complexity index is 1020. The van der Waals surface area contributed by atoms with Gasteiger partial charge in [-0.05, 0) is 48.5 Å². The minimum absolute atomic E-state index is 0.0692. The van der Waals surface area contributed by atoms with Gasteiger partial charge < -0.3 is 10.0 Å². The molecular weight excluding hydrogens is 350 g/mol. The number of hydrogen-bond acceptors (Lipinski definition) is 4. The molecule has 1 heterocycles. The maximum atomic E-state index is 11.0. The summed E-state index contributed by atoms with van der Waals surface area (Å²) >= 11 is 0. The number of aromatic nitrogens is 2. The number of carboxylic acids is 1. The molecule has 1 aromatic heterocycles. The highest BCUT2D eigenvalue weighted by Gasteiger charge is 2.12. The van der Waals surface area contributed by atoms with E-state index in [1.165, 1.54) is 12.4 Å². The van der Waals surface area contributed by atoms with E-state index in [1.807, 2.05) is 60.7 Å². The summed E-state index contributed by atoms with van der Waals surface area (Å²) in [7, 11) is 0. The van der Waals surface area contributed by atoms with Gasteiger partial charge in [0.2, 0.25) is 0 Å². The molecule has 0 aliphatic heterocycles. The number of hydrogen-bond donors (Lipinski definition) is 1. The Morgan fingerprint density at radius 3 is 1.61 bits per heavy atom. The fraction of sp³-hybridized carbons (Fsp3) is 0. The summed E-state index contributed by atoms with van der Waals surface area (Å²) in [4.78, 5) is 21.4. The minimum atomic E-state index is -1.04. The Balaban J connectivity index is 1.69. The second kappa shape index (κ2) is 7.72. The number of nitrogens with zero attached hydrogens (tertiary/aromatic N) is 3. The normalized spacial score (nSPS) is 10.4. The Hall–Kier alpha value is -3.99. The third kappa shape index (κ3) is 3.59. The molecule has 28 heavy (non-hydrogen) atoms. The van der Waals surface area contributed by atoms with Crippen molar-refractivity contribution in [2.45, 2.75) is 0 Å². The molecule has 1 N–H and O–H groups in total. The summed E-state index contributed by atoms with van der Waals surface area (Å²) in [5.41, 5.74) is 4.01. The van der Waals surface area contributed by atoms with E-state index in [0.29, 0.717) is 5.82 Å². The van der Waals surface area contributed by atoms with Gasteiger partial charge in [0, 0.05) is 35.0 Å².